The van der Waals surface area contributed by atoms with Crippen LogP contribution in [0.2, 0.25) is 0 Å². The van der Waals surface area contributed by atoms with E-state index in [1.807, 2.05) is 45.0 Å². The van der Waals surface area contributed by atoms with Crippen molar-refractivity contribution in [1.82, 2.24) is 4.90 Å². The average Bonchev–Trinajstić information content (AvgIpc) is 2.91. The molecular formula is C28H31NO5. The van der Waals surface area contributed by atoms with Gasteiger partial charge in [-0.1, -0.05) is 54.1 Å². The van der Waals surface area contributed by atoms with Crippen LogP contribution in [0.15, 0.2) is 60.7 Å². The average molecular weight is 462 g/mol. The van der Waals surface area contributed by atoms with Gasteiger partial charge in [0.25, 0.3) is 5.79 Å². The van der Waals surface area contributed by atoms with Gasteiger partial charge in [0.2, 0.25) is 0 Å². The third kappa shape index (κ3) is 3.31. The predicted molar refractivity (Wildman–Crippen MR) is 126 cm³/mol. The number of carbonyl (C=O) groups excluding carboxylic acids is 2. The van der Waals surface area contributed by atoms with Gasteiger partial charge >= 0.3 is 11.9 Å². The van der Waals surface area contributed by atoms with Crippen LogP contribution in [0.25, 0.3) is 0 Å². The Morgan fingerprint density at radius 2 is 1.56 bits per heavy atom. The fourth-order valence-electron chi connectivity index (χ4n) is 6.14. The highest BCUT2D eigenvalue weighted by Crippen LogP contribution is 2.66. The number of aliphatic hydroxyl groups is 1. The second-order valence-corrected chi connectivity index (χ2v) is 10.3. The van der Waals surface area contributed by atoms with E-state index in [9.17, 15) is 14.7 Å². The molecule has 1 spiro atoms. The van der Waals surface area contributed by atoms with Crippen LogP contribution in [0.3, 0.4) is 0 Å². The van der Waals surface area contributed by atoms with Crippen molar-refractivity contribution in [2.45, 2.75) is 51.5 Å². The lowest BCUT2D eigenvalue weighted by Crippen LogP contribution is -2.56. The van der Waals surface area contributed by atoms with E-state index >= 15 is 0 Å². The van der Waals surface area contributed by atoms with E-state index in [4.69, 9.17) is 9.47 Å². The van der Waals surface area contributed by atoms with Crippen molar-refractivity contribution in [3.05, 3.63) is 82.9 Å². The number of hydrogen-bond acceptors (Lipinski definition) is 6. The zero-order chi connectivity index (χ0) is 24.1. The summed E-state index contributed by atoms with van der Waals surface area (Å²) in [5, 5.41) is 12.6. The molecule has 6 nitrogen and oxygen atoms in total. The van der Waals surface area contributed by atoms with Crippen LogP contribution in [0, 0.1) is 18.3 Å². The summed E-state index contributed by atoms with van der Waals surface area (Å²) in [4.78, 5) is 27.5. The molecular weight excluding hydrogens is 430 g/mol. The van der Waals surface area contributed by atoms with Crippen LogP contribution in [-0.4, -0.2) is 35.0 Å². The molecule has 1 unspecified atom stereocenters. The molecule has 0 radical (unpaired) electrons. The van der Waals surface area contributed by atoms with Crippen molar-refractivity contribution in [3.8, 4) is 0 Å². The molecule has 2 aromatic carbocycles. The number of hydrogen-bond donors (Lipinski definition) is 1. The molecule has 3 aliphatic rings. The van der Waals surface area contributed by atoms with Crippen LogP contribution in [0.4, 0.5) is 0 Å². The van der Waals surface area contributed by atoms with Gasteiger partial charge in [-0.3, -0.25) is 4.90 Å². The monoisotopic (exact) mass is 461 g/mol. The van der Waals surface area contributed by atoms with Gasteiger partial charge in [0.15, 0.2) is 0 Å². The summed E-state index contributed by atoms with van der Waals surface area (Å²) in [6.07, 6.45) is 3.72. The molecule has 5 rings (SSSR count). The van der Waals surface area contributed by atoms with E-state index in [-0.39, 0.29) is 5.92 Å². The number of rotatable bonds is 3. The van der Waals surface area contributed by atoms with Crippen molar-refractivity contribution in [2.75, 3.05) is 13.1 Å². The van der Waals surface area contributed by atoms with Crippen molar-refractivity contribution >= 4 is 11.9 Å². The minimum absolute atomic E-state index is 0.0944. The van der Waals surface area contributed by atoms with Crippen LogP contribution in [0.1, 0.15) is 48.9 Å². The first-order chi connectivity index (χ1) is 16.2. The van der Waals surface area contributed by atoms with Gasteiger partial charge in [-0.2, -0.15) is 0 Å². The second-order valence-electron chi connectivity index (χ2n) is 10.3. The number of fused-ring (bicyclic) bond motifs is 2. The zero-order valence-corrected chi connectivity index (χ0v) is 19.9. The number of nitrogens with zero attached hydrogens (tertiary/aromatic N) is 1. The third-order valence-electron chi connectivity index (χ3n) is 7.99. The first-order valence-electron chi connectivity index (χ1n) is 11.9. The Morgan fingerprint density at radius 1 is 0.941 bits per heavy atom. The number of ether oxygens (including phenoxy) is 2. The molecule has 1 fully saturated rings. The van der Waals surface area contributed by atoms with E-state index < -0.39 is 28.7 Å². The summed E-state index contributed by atoms with van der Waals surface area (Å²) in [7, 11) is 0. The summed E-state index contributed by atoms with van der Waals surface area (Å²) < 4.78 is 11.7. The van der Waals surface area contributed by atoms with Crippen molar-refractivity contribution < 1.29 is 24.2 Å². The third-order valence-corrected chi connectivity index (χ3v) is 7.99. The van der Waals surface area contributed by atoms with Gasteiger partial charge in [-0.15, -0.1) is 0 Å². The maximum Gasteiger partial charge on any atom is 0.334 e. The van der Waals surface area contributed by atoms with Crippen LogP contribution in [0.5, 0.6) is 0 Å². The fraction of sp³-hybridized carbons (Fsp3) is 0.429. The van der Waals surface area contributed by atoms with E-state index in [2.05, 4.69) is 29.2 Å². The summed E-state index contributed by atoms with van der Waals surface area (Å²) in [5.41, 5.74) is 1.02. The van der Waals surface area contributed by atoms with Gasteiger partial charge in [0.1, 0.15) is 5.60 Å². The number of aryl methyl sites for hydroxylation is 1. The lowest BCUT2D eigenvalue weighted by molar-refractivity contribution is -0.302. The van der Waals surface area contributed by atoms with Gasteiger partial charge in [0, 0.05) is 24.3 Å². The highest BCUT2D eigenvalue weighted by molar-refractivity contribution is 5.93. The van der Waals surface area contributed by atoms with Gasteiger partial charge in [0.05, 0.1) is 5.41 Å². The van der Waals surface area contributed by atoms with Crippen LogP contribution in [-0.2, 0) is 37.0 Å². The molecule has 178 valence electrons. The summed E-state index contributed by atoms with van der Waals surface area (Å²) in [6.45, 7) is 8.19. The summed E-state index contributed by atoms with van der Waals surface area (Å²) in [5.74, 6) is -3.12. The normalized spacial score (nSPS) is 26.1. The number of esters is 2. The van der Waals surface area contributed by atoms with E-state index in [1.165, 1.54) is 5.56 Å². The Balaban J connectivity index is 1.51. The Bertz CT molecular complexity index is 1130. The first-order valence-corrected chi connectivity index (χ1v) is 11.9. The SMILES string of the molecule is Cc1ccc2c(c1)C(O)(C1CCN(Cc3ccccc3)CC1)C(C)(C)C21OC(=O)C=CC(=O)O1. The number of likely N-dealkylation sites (tertiary alicyclic amines) is 1. The molecule has 1 aliphatic carbocycles. The van der Waals surface area contributed by atoms with Crippen LogP contribution < -0.4 is 0 Å². The minimum Gasteiger partial charge on any atom is -0.414 e. The molecule has 0 amide bonds. The molecule has 0 saturated carbocycles. The van der Waals surface area contributed by atoms with Gasteiger partial charge in [-0.05, 0) is 63.7 Å². The van der Waals surface area contributed by atoms with E-state index in [1.54, 1.807) is 0 Å². The Morgan fingerprint density at radius 3 is 2.18 bits per heavy atom. The smallest absolute Gasteiger partial charge is 0.334 e. The maximum atomic E-state index is 12.6. The molecule has 34 heavy (non-hydrogen) atoms. The number of benzene rings is 2. The highest BCUT2D eigenvalue weighted by atomic mass is 16.7. The largest absolute Gasteiger partial charge is 0.414 e. The second kappa shape index (κ2) is 8.07. The lowest BCUT2D eigenvalue weighted by Gasteiger charge is -2.50. The Kier molecular flexibility index (Phi) is 5.41. The molecule has 2 aromatic rings. The molecule has 0 bridgehead atoms. The highest BCUT2D eigenvalue weighted by Gasteiger charge is 2.72. The number of piperidine rings is 1. The Labute approximate surface area is 200 Å². The fourth-order valence-corrected chi connectivity index (χ4v) is 6.14. The predicted octanol–water partition coefficient (Wildman–Crippen LogP) is 3.94. The molecule has 2 aliphatic heterocycles. The minimum atomic E-state index is -1.70. The van der Waals surface area contributed by atoms with Gasteiger partial charge in [-0.25, -0.2) is 9.59 Å². The topological polar surface area (TPSA) is 76.1 Å². The van der Waals surface area contributed by atoms with E-state index in [0.717, 1.165) is 50.2 Å². The standard InChI is InChI=1S/C28H31NO5/c1-19-9-10-22-23(17-19)27(32,26(2,3)28(22)33-24(30)11-12-25(31)34-28)21-13-15-29(16-14-21)18-20-7-5-4-6-8-20/h4-12,17,21,32H,13-16,18H2,1-3H3. The zero-order valence-electron chi connectivity index (χ0n) is 19.9. The molecule has 6 heteroatoms. The molecule has 2 heterocycles. The molecule has 0 aromatic heterocycles. The summed E-state index contributed by atoms with van der Waals surface area (Å²) >= 11 is 0. The van der Waals surface area contributed by atoms with Gasteiger partial charge < -0.3 is 14.6 Å². The lowest BCUT2D eigenvalue weighted by atomic mass is 9.63. The van der Waals surface area contributed by atoms with Crippen molar-refractivity contribution in [2.24, 2.45) is 11.3 Å². The van der Waals surface area contributed by atoms with Crippen molar-refractivity contribution in [3.63, 3.8) is 0 Å². The van der Waals surface area contributed by atoms with Crippen molar-refractivity contribution in [1.29, 1.82) is 0 Å². The first kappa shape index (κ1) is 22.8. The summed E-state index contributed by atoms with van der Waals surface area (Å²) in [6, 6.07) is 16.0. The van der Waals surface area contributed by atoms with E-state index in [0.29, 0.717) is 11.1 Å². The molecule has 1 atom stereocenters. The maximum absolute atomic E-state index is 12.6. The quantitative estimate of drug-likeness (QED) is 0.698. The van der Waals surface area contributed by atoms with Crippen LogP contribution >= 0.6 is 0 Å². The number of carbonyl (C=O) groups is 2. The molecule has 1 saturated heterocycles. The molecule has 1 N–H and O–H groups in total. The Hall–Kier alpha value is -2.96.